The number of amides is 1. The molecule has 3 N–H and O–H groups in total. The molecule has 0 spiro atoms. The monoisotopic (exact) mass is 178 g/mol. The highest BCUT2D eigenvalue weighted by Crippen LogP contribution is 1.86. The zero-order valence-electron chi connectivity index (χ0n) is 7.18. The number of hydrogen-bond acceptors (Lipinski definition) is 3. The molecule has 5 heteroatoms. The van der Waals surface area contributed by atoms with Gasteiger partial charge in [-0.15, -0.1) is 0 Å². The third kappa shape index (κ3) is 6.06. The van der Waals surface area contributed by atoms with Gasteiger partial charge in [0.05, 0.1) is 0 Å². The number of nitrogens with two attached hydrogens (primary N) is 1. The summed E-state index contributed by atoms with van der Waals surface area (Å²) in [6.07, 6.45) is 0.450. The molecule has 0 saturated heterocycles. The number of alkyl halides is 1. The molecule has 12 heavy (non-hydrogen) atoms. The van der Waals surface area contributed by atoms with Crippen LogP contribution in [-0.2, 0) is 9.53 Å². The molecule has 4 nitrogen and oxygen atoms in total. The molecule has 72 valence electrons. The molecule has 0 unspecified atom stereocenters. The van der Waals surface area contributed by atoms with E-state index in [2.05, 4.69) is 10.1 Å². The molecular weight excluding hydrogens is 163 g/mol. The summed E-state index contributed by atoms with van der Waals surface area (Å²) in [4.78, 5) is 10.7. The van der Waals surface area contributed by atoms with Crippen LogP contribution < -0.4 is 11.1 Å². The summed E-state index contributed by atoms with van der Waals surface area (Å²) in [5, 5.41) is 2.54. The van der Waals surface area contributed by atoms with E-state index < -0.39 is 12.7 Å². The summed E-state index contributed by atoms with van der Waals surface area (Å²) >= 11 is 0. The summed E-state index contributed by atoms with van der Waals surface area (Å²) in [5.74, 6) is -0.205. The van der Waals surface area contributed by atoms with E-state index in [0.29, 0.717) is 13.0 Å². The largest absolute Gasteiger partial charge is 0.375 e. The average molecular weight is 178 g/mol. The van der Waals surface area contributed by atoms with Crippen LogP contribution in [0.25, 0.3) is 0 Å². The number of methoxy groups -OCH3 is 1. The average Bonchev–Trinajstić information content (AvgIpc) is 2.04. The van der Waals surface area contributed by atoms with Crippen LogP contribution in [0.15, 0.2) is 0 Å². The van der Waals surface area contributed by atoms with Gasteiger partial charge in [0.1, 0.15) is 13.3 Å². The molecule has 1 amide bonds. The van der Waals surface area contributed by atoms with Gasteiger partial charge in [-0.25, -0.2) is 4.39 Å². The lowest BCUT2D eigenvalue weighted by Crippen LogP contribution is -2.33. The molecule has 0 aromatic heterocycles. The number of ether oxygens (including phenoxy) is 1. The minimum atomic E-state index is -0.555. The first kappa shape index (κ1) is 11.3. The van der Waals surface area contributed by atoms with Crippen LogP contribution in [-0.4, -0.2) is 38.9 Å². The van der Waals surface area contributed by atoms with Crippen molar-refractivity contribution < 1.29 is 13.9 Å². The molecule has 0 heterocycles. The van der Waals surface area contributed by atoms with Crippen LogP contribution in [0.4, 0.5) is 4.39 Å². The number of carbonyl (C=O) groups is 1. The molecule has 0 aliphatic rings. The van der Waals surface area contributed by atoms with Crippen molar-refractivity contribution in [3.63, 3.8) is 0 Å². The van der Waals surface area contributed by atoms with Crippen molar-refractivity contribution in [3.05, 3.63) is 0 Å². The third-order valence-electron chi connectivity index (χ3n) is 1.31. The predicted molar refractivity (Wildman–Crippen MR) is 43.5 cm³/mol. The second-order valence-electron chi connectivity index (χ2n) is 2.49. The summed E-state index contributed by atoms with van der Waals surface area (Å²) in [6, 6.07) is -0.479. The Labute approximate surface area is 71.3 Å². The molecule has 1 atom stereocenters. The Kier molecular flexibility index (Phi) is 6.60. The zero-order valence-corrected chi connectivity index (χ0v) is 7.18. The van der Waals surface area contributed by atoms with E-state index in [0.717, 1.165) is 0 Å². The van der Waals surface area contributed by atoms with E-state index in [4.69, 9.17) is 5.73 Å². The van der Waals surface area contributed by atoms with Gasteiger partial charge in [0.15, 0.2) is 0 Å². The Bertz CT molecular complexity index is 133. The number of hydrogen-bond donors (Lipinski definition) is 2. The maximum absolute atomic E-state index is 11.8. The lowest BCUT2D eigenvalue weighted by atomic mass is 10.2. The quantitative estimate of drug-likeness (QED) is 0.573. The second-order valence-corrected chi connectivity index (χ2v) is 2.49. The van der Waals surface area contributed by atoms with Crippen LogP contribution in [0.1, 0.15) is 6.42 Å². The minimum Gasteiger partial charge on any atom is -0.375 e. The fourth-order valence-electron chi connectivity index (χ4n) is 0.656. The number of nitrogens with one attached hydrogen (secondary N) is 1. The van der Waals surface area contributed by atoms with Gasteiger partial charge in [0.2, 0.25) is 5.91 Å². The maximum Gasteiger partial charge on any atom is 0.245 e. The molecule has 0 saturated carbocycles. The summed E-state index contributed by atoms with van der Waals surface area (Å²) in [6.45, 7) is -0.127. The Hall–Kier alpha value is -0.680. The van der Waals surface area contributed by atoms with Gasteiger partial charge in [-0.2, -0.15) is 0 Å². The summed E-state index contributed by atoms with van der Waals surface area (Å²) < 4.78 is 16.4. The smallest absolute Gasteiger partial charge is 0.245 e. The van der Waals surface area contributed by atoms with Crippen molar-refractivity contribution in [2.75, 3.05) is 26.9 Å². The number of carbonyl (C=O) groups excluding carboxylic acids is 1. The van der Waals surface area contributed by atoms with Crippen LogP contribution >= 0.6 is 0 Å². The van der Waals surface area contributed by atoms with Gasteiger partial charge in [0, 0.05) is 19.7 Å². The van der Waals surface area contributed by atoms with Gasteiger partial charge in [-0.3, -0.25) is 4.79 Å². The standard InChI is InChI=1S/C7H15FN2O2/c1-12-5-7(11)10-3-2-6(9)4-8/h6H,2-5,9H2,1H3,(H,10,11)/t6-/m1/s1. The van der Waals surface area contributed by atoms with Crippen molar-refractivity contribution in [1.82, 2.24) is 5.32 Å². The molecule has 0 aliphatic heterocycles. The Morgan fingerprint density at radius 3 is 2.92 bits per heavy atom. The molecule has 0 bridgehead atoms. The van der Waals surface area contributed by atoms with Gasteiger partial charge >= 0.3 is 0 Å². The van der Waals surface area contributed by atoms with E-state index in [1.54, 1.807) is 0 Å². The van der Waals surface area contributed by atoms with E-state index in [1.165, 1.54) is 7.11 Å². The highest BCUT2D eigenvalue weighted by Gasteiger charge is 2.02. The van der Waals surface area contributed by atoms with Crippen LogP contribution in [0.3, 0.4) is 0 Å². The van der Waals surface area contributed by atoms with Gasteiger partial charge in [-0.05, 0) is 6.42 Å². The topological polar surface area (TPSA) is 64.3 Å². The molecule has 0 aliphatic carbocycles. The fraction of sp³-hybridized carbons (Fsp3) is 0.857. The van der Waals surface area contributed by atoms with Crippen molar-refractivity contribution in [1.29, 1.82) is 0 Å². The van der Waals surface area contributed by atoms with Gasteiger partial charge < -0.3 is 15.8 Å². The van der Waals surface area contributed by atoms with Crippen molar-refractivity contribution >= 4 is 5.91 Å². The molecule has 0 fully saturated rings. The highest BCUT2D eigenvalue weighted by molar-refractivity contribution is 5.77. The maximum atomic E-state index is 11.8. The SMILES string of the molecule is COCC(=O)NCC[C@@H](N)CF. The normalized spacial score (nSPS) is 12.6. The van der Waals surface area contributed by atoms with Crippen LogP contribution in [0.2, 0.25) is 0 Å². The first-order valence-electron chi connectivity index (χ1n) is 3.78. The van der Waals surface area contributed by atoms with E-state index >= 15 is 0 Å². The molecule has 0 radical (unpaired) electrons. The second kappa shape index (κ2) is 7.00. The van der Waals surface area contributed by atoms with E-state index in [9.17, 15) is 9.18 Å². The van der Waals surface area contributed by atoms with Gasteiger partial charge in [-0.1, -0.05) is 0 Å². The lowest BCUT2D eigenvalue weighted by Gasteiger charge is -2.07. The molecule has 0 aromatic rings. The highest BCUT2D eigenvalue weighted by atomic mass is 19.1. The van der Waals surface area contributed by atoms with Crippen LogP contribution in [0.5, 0.6) is 0 Å². The molecule has 0 aromatic carbocycles. The van der Waals surface area contributed by atoms with Crippen molar-refractivity contribution in [2.24, 2.45) is 5.73 Å². The number of halogens is 1. The number of rotatable bonds is 6. The first-order valence-corrected chi connectivity index (χ1v) is 3.78. The Morgan fingerprint density at radius 1 is 1.75 bits per heavy atom. The predicted octanol–water partition coefficient (Wildman–Crippen LogP) is -0.564. The van der Waals surface area contributed by atoms with E-state index in [-0.39, 0.29) is 12.5 Å². The van der Waals surface area contributed by atoms with Crippen molar-refractivity contribution in [2.45, 2.75) is 12.5 Å². The van der Waals surface area contributed by atoms with Crippen LogP contribution in [0, 0.1) is 0 Å². The molecule has 0 rings (SSSR count). The zero-order chi connectivity index (χ0) is 9.40. The lowest BCUT2D eigenvalue weighted by molar-refractivity contribution is -0.124. The Morgan fingerprint density at radius 2 is 2.42 bits per heavy atom. The summed E-state index contributed by atoms with van der Waals surface area (Å²) in [5.41, 5.74) is 5.28. The Balaban J connectivity index is 3.24. The third-order valence-corrected chi connectivity index (χ3v) is 1.31. The first-order chi connectivity index (χ1) is 5.70. The fourth-order valence-corrected chi connectivity index (χ4v) is 0.656. The summed E-state index contributed by atoms with van der Waals surface area (Å²) in [7, 11) is 1.44. The minimum absolute atomic E-state index is 0.0326. The van der Waals surface area contributed by atoms with Crippen molar-refractivity contribution in [3.8, 4) is 0 Å². The molecular formula is C7H15FN2O2. The van der Waals surface area contributed by atoms with E-state index in [1.807, 2.05) is 0 Å². The van der Waals surface area contributed by atoms with Gasteiger partial charge in [0.25, 0.3) is 0 Å².